The van der Waals surface area contributed by atoms with Gasteiger partial charge in [0, 0.05) is 16.8 Å². The molecule has 0 fully saturated rings. The van der Waals surface area contributed by atoms with E-state index in [2.05, 4.69) is 20.7 Å². The third-order valence-corrected chi connectivity index (χ3v) is 0.293. The van der Waals surface area contributed by atoms with E-state index in [9.17, 15) is 0 Å². The summed E-state index contributed by atoms with van der Waals surface area (Å²) < 4.78 is 0. The monoisotopic (exact) mass is 129 g/mol. The molecule has 1 aliphatic rings. The van der Waals surface area contributed by atoms with Crippen LogP contribution in [0.1, 0.15) is 0 Å². The molecule has 1 radical (unpaired) electrons. The summed E-state index contributed by atoms with van der Waals surface area (Å²) in [7, 11) is 0. The summed E-state index contributed by atoms with van der Waals surface area (Å²) in [5.74, 6) is 0. The van der Waals surface area contributed by atoms with Gasteiger partial charge in [-0.15, -0.1) is 10.2 Å². The Labute approximate surface area is 44.9 Å². The largest absolute Gasteiger partial charge is 0.175 e. The van der Waals surface area contributed by atoms with Crippen LogP contribution in [-0.2, 0) is 16.8 Å². The van der Waals surface area contributed by atoms with Crippen LogP contribution in [0.5, 0.6) is 0 Å². The average molecular weight is 129 g/mol. The third kappa shape index (κ3) is 1.23. The van der Waals surface area contributed by atoms with Crippen molar-refractivity contribution >= 4 is 0 Å². The van der Waals surface area contributed by atoms with E-state index in [0.717, 1.165) is 0 Å². The fraction of sp³-hybridized carbons (Fsp3) is 1.00. The molecule has 0 bridgehead atoms. The first kappa shape index (κ1) is 5.71. The number of rotatable bonds is 0. The van der Waals surface area contributed by atoms with Crippen LogP contribution < -0.4 is 0 Å². The van der Waals surface area contributed by atoms with Gasteiger partial charge in [0.05, 0.1) is 0 Å². The number of hydrogen-bond donors (Lipinski definition) is 0. The summed E-state index contributed by atoms with van der Waals surface area (Å²) in [6.45, 7) is 0.417. The Hall–Kier alpha value is -0.294. The molecule has 0 aromatic rings. The van der Waals surface area contributed by atoms with Crippen LogP contribution >= 0.6 is 0 Å². The molecular formula is CH2CoN4. The van der Waals surface area contributed by atoms with Gasteiger partial charge in [-0.3, -0.25) is 0 Å². The Bertz CT molecular complexity index is 65.6. The molecule has 0 aromatic carbocycles. The molecule has 5 heteroatoms. The summed E-state index contributed by atoms with van der Waals surface area (Å²) in [5.41, 5.74) is 0. The van der Waals surface area contributed by atoms with Crippen LogP contribution in [0.15, 0.2) is 20.7 Å². The maximum Gasteiger partial charge on any atom is 0.175 e. The maximum atomic E-state index is 3.38. The molecule has 0 spiro atoms. The molecule has 0 aromatic heterocycles. The fourth-order valence-electron chi connectivity index (χ4n) is 0.141. The van der Waals surface area contributed by atoms with E-state index in [1.165, 1.54) is 0 Å². The molecule has 0 atom stereocenters. The van der Waals surface area contributed by atoms with Crippen LogP contribution in [0.25, 0.3) is 0 Å². The minimum Gasteiger partial charge on any atom is -0.142 e. The van der Waals surface area contributed by atoms with E-state index in [1.54, 1.807) is 0 Å². The van der Waals surface area contributed by atoms with Crippen LogP contribution in [0, 0.1) is 0 Å². The van der Waals surface area contributed by atoms with Gasteiger partial charge in [0.2, 0.25) is 0 Å². The van der Waals surface area contributed by atoms with E-state index >= 15 is 0 Å². The second-order valence-electron chi connectivity index (χ2n) is 0.603. The molecular weight excluding hydrogens is 127 g/mol. The van der Waals surface area contributed by atoms with Crippen LogP contribution in [0.4, 0.5) is 0 Å². The van der Waals surface area contributed by atoms with Crippen molar-refractivity contribution < 1.29 is 16.8 Å². The summed E-state index contributed by atoms with van der Waals surface area (Å²) in [4.78, 5) is 0. The molecule has 6 heavy (non-hydrogen) atoms. The number of hydrogen-bond acceptors (Lipinski definition) is 4. The molecule has 0 saturated carbocycles. The molecule has 0 saturated heterocycles. The average Bonchev–Trinajstić information content (AvgIpc) is 1.76. The van der Waals surface area contributed by atoms with Gasteiger partial charge in [-0.1, -0.05) is 0 Å². The minimum absolute atomic E-state index is 0. The van der Waals surface area contributed by atoms with Gasteiger partial charge in [0.15, 0.2) is 6.67 Å². The molecule has 0 N–H and O–H groups in total. The first-order chi connectivity index (χ1) is 2.50. The van der Waals surface area contributed by atoms with E-state index in [0.29, 0.717) is 6.67 Å². The molecule has 0 amide bonds. The van der Waals surface area contributed by atoms with E-state index in [4.69, 9.17) is 0 Å². The zero-order valence-corrected chi connectivity index (χ0v) is 3.87. The van der Waals surface area contributed by atoms with Gasteiger partial charge in [0.25, 0.3) is 0 Å². The van der Waals surface area contributed by atoms with Crippen LogP contribution in [0.3, 0.4) is 0 Å². The van der Waals surface area contributed by atoms with Gasteiger partial charge in [0.1, 0.15) is 0 Å². The van der Waals surface area contributed by atoms with Crippen molar-refractivity contribution in [3.05, 3.63) is 0 Å². The molecule has 1 rings (SSSR count). The van der Waals surface area contributed by atoms with Gasteiger partial charge < -0.3 is 0 Å². The van der Waals surface area contributed by atoms with Crippen molar-refractivity contribution in [2.75, 3.05) is 6.67 Å². The van der Waals surface area contributed by atoms with E-state index in [-0.39, 0.29) is 16.8 Å². The van der Waals surface area contributed by atoms with E-state index in [1.807, 2.05) is 0 Å². The zero-order valence-electron chi connectivity index (χ0n) is 2.83. The van der Waals surface area contributed by atoms with Gasteiger partial charge in [-0.25, -0.2) is 0 Å². The van der Waals surface area contributed by atoms with Crippen LogP contribution in [0.2, 0.25) is 0 Å². The normalized spacial score (nSPS) is 14.7. The summed E-state index contributed by atoms with van der Waals surface area (Å²) in [6.07, 6.45) is 0. The van der Waals surface area contributed by atoms with Crippen molar-refractivity contribution in [1.82, 2.24) is 0 Å². The smallest absolute Gasteiger partial charge is 0.142 e. The summed E-state index contributed by atoms with van der Waals surface area (Å²) in [5, 5.41) is 13.1. The van der Waals surface area contributed by atoms with Crippen molar-refractivity contribution in [3.8, 4) is 0 Å². The van der Waals surface area contributed by atoms with Gasteiger partial charge >= 0.3 is 0 Å². The third-order valence-electron chi connectivity index (χ3n) is 0.293. The van der Waals surface area contributed by atoms with Crippen molar-refractivity contribution in [2.24, 2.45) is 20.7 Å². The molecule has 35 valence electrons. The predicted octanol–water partition coefficient (Wildman–Crippen LogP) is 0.774. The van der Waals surface area contributed by atoms with Gasteiger partial charge in [-0.05, 0) is 10.4 Å². The topological polar surface area (TPSA) is 49.4 Å². The second-order valence-corrected chi connectivity index (χ2v) is 0.603. The molecule has 1 aliphatic heterocycles. The first-order valence-corrected chi connectivity index (χ1v) is 1.23. The Morgan fingerprint density at radius 3 is 1.67 bits per heavy atom. The minimum atomic E-state index is 0. The molecule has 0 unspecified atom stereocenters. The molecule has 1 heterocycles. The summed E-state index contributed by atoms with van der Waals surface area (Å²) >= 11 is 0. The fourth-order valence-corrected chi connectivity index (χ4v) is 0.141. The summed E-state index contributed by atoms with van der Waals surface area (Å²) in [6, 6.07) is 0. The quantitative estimate of drug-likeness (QED) is 0.463. The second kappa shape index (κ2) is 2.92. The Morgan fingerprint density at radius 1 is 1.00 bits per heavy atom. The predicted molar refractivity (Wildman–Crippen MR) is 14.6 cm³/mol. The zero-order chi connectivity index (χ0) is 3.54. The Kier molecular flexibility index (Phi) is 2.78. The van der Waals surface area contributed by atoms with E-state index < -0.39 is 0 Å². The Balaban J connectivity index is 0.000000250. The maximum absolute atomic E-state index is 3.38. The van der Waals surface area contributed by atoms with Crippen LogP contribution in [-0.4, -0.2) is 6.67 Å². The van der Waals surface area contributed by atoms with Crippen molar-refractivity contribution in [2.45, 2.75) is 0 Å². The van der Waals surface area contributed by atoms with Crippen molar-refractivity contribution in [1.29, 1.82) is 0 Å². The standard InChI is InChI=1S/CH2N4.Co/c1-2-4-5-3-1;/h1H2;. The molecule has 4 nitrogen and oxygen atoms in total. The first-order valence-electron chi connectivity index (χ1n) is 1.23. The van der Waals surface area contributed by atoms with Crippen molar-refractivity contribution in [3.63, 3.8) is 0 Å². The SMILES string of the molecule is C1N=NN=N1.[Co]. The number of nitrogens with zero attached hydrogens (tertiary/aromatic N) is 4. The molecule has 0 aliphatic carbocycles. The van der Waals surface area contributed by atoms with Gasteiger partial charge in [-0.2, -0.15) is 0 Å². The Morgan fingerprint density at radius 2 is 1.50 bits per heavy atom.